The number of benzene rings is 2. The summed E-state index contributed by atoms with van der Waals surface area (Å²) in [6, 6.07) is 11.5. The minimum absolute atomic E-state index is 0.0549. The van der Waals surface area contributed by atoms with Gasteiger partial charge in [0.15, 0.2) is 0 Å². The standard InChI is InChI=1S/C21H26O2/c1-13(2)18-17(23)11-10-16-19(18)21(5,12-20(16,3)4)14-6-8-15(22)9-7-14/h6-11,13,22-23H,12H2,1-5H3. The van der Waals surface area contributed by atoms with Gasteiger partial charge in [-0.3, -0.25) is 0 Å². The fourth-order valence-corrected chi connectivity index (χ4v) is 4.49. The maximum Gasteiger partial charge on any atom is 0.119 e. The van der Waals surface area contributed by atoms with Crippen molar-refractivity contribution in [2.24, 2.45) is 0 Å². The molecule has 0 bridgehead atoms. The SMILES string of the molecule is CC(C)c1c(O)ccc2c1C(C)(c1ccc(O)cc1)CC2(C)C. The van der Waals surface area contributed by atoms with Crippen LogP contribution >= 0.6 is 0 Å². The molecule has 0 radical (unpaired) electrons. The lowest BCUT2D eigenvalue weighted by molar-refractivity contribution is 0.421. The van der Waals surface area contributed by atoms with Crippen molar-refractivity contribution in [1.29, 1.82) is 0 Å². The van der Waals surface area contributed by atoms with E-state index in [9.17, 15) is 10.2 Å². The van der Waals surface area contributed by atoms with Crippen molar-refractivity contribution in [2.45, 2.75) is 57.8 Å². The Labute approximate surface area is 138 Å². The van der Waals surface area contributed by atoms with E-state index in [1.807, 2.05) is 18.2 Å². The van der Waals surface area contributed by atoms with E-state index in [1.165, 1.54) is 16.7 Å². The summed E-state index contributed by atoms with van der Waals surface area (Å²) in [5.41, 5.74) is 4.74. The maximum absolute atomic E-state index is 10.5. The molecule has 2 aromatic rings. The summed E-state index contributed by atoms with van der Waals surface area (Å²) >= 11 is 0. The van der Waals surface area contributed by atoms with Gasteiger partial charge in [0.05, 0.1) is 0 Å². The highest BCUT2D eigenvalue weighted by Crippen LogP contribution is 2.56. The van der Waals surface area contributed by atoms with Crippen molar-refractivity contribution in [3.05, 3.63) is 58.7 Å². The summed E-state index contributed by atoms with van der Waals surface area (Å²) in [4.78, 5) is 0. The number of rotatable bonds is 2. The number of phenols is 2. The second kappa shape index (κ2) is 5.02. The zero-order chi connectivity index (χ0) is 17.0. The first kappa shape index (κ1) is 15.9. The lowest BCUT2D eigenvalue weighted by Crippen LogP contribution is -2.24. The van der Waals surface area contributed by atoms with E-state index in [0.717, 1.165) is 12.0 Å². The predicted molar refractivity (Wildman–Crippen MR) is 94.4 cm³/mol. The molecule has 0 saturated carbocycles. The number of hydrogen-bond donors (Lipinski definition) is 2. The zero-order valence-electron chi connectivity index (χ0n) is 14.6. The van der Waals surface area contributed by atoms with Crippen LogP contribution in [0.5, 0.6) is 11.5 Å². The Morgan fingerprint density at radius 2 is 1.52 bits per heavy atom. The smallest absolute Gasteiger partial charge is 0.119 e. The van der Waals surface area contributed by atoms with Crippen molar-refractivity contribution in [3.8, 4) is 11.5 Å². The summed E-state index contributed by atoms with van der Waals surface area (Å²) in [6.45, 7) is 11.1. The van der Waals surface area contributed by atoms with Crippen LogP contribution < -0.4 is 0 Å². The molecule has 0 heterocycles. The van der Waals surface area contributed by atoms with Crippen LogP contribution in [0.25, 0.3) is 0 Å². The second-order valence-corrected chi connectivity index (χ2v) is 8.02. The van der Waals surface area contributed by atoms with E-state index in [0.29, 0.717) is 5.75 Å². The molecule has 23 heavy (non-hydrogen) atoms. The Morgan fingerprint density at radius 3 is 2.09 bits per heavy atom. The summed E-state index contributed by atoms with van der Waals surface area (Å²) in [7, 11) is 0. The quantitative estimate of drug-likeness (QED) is 0.799. The van der Waals surface area contributed by atoms with E-state index in [-0.39, 0.29) is 22.5 Å². The Bertz CT molecular complexity index is 741. The fraction of sp³-hybridized carbons (Fsp3) is 0.429. The van der Waals surface area contributed by atoms with E-state index in [1.54, 1.807) is 12.1 Å². The largest absolute Gasteiger partial charge is 0.508 e. The first-order chi connectivity index (χ1) is 10.7. The normalized spacial score (nSPS) is 22.3. The monoisotopic (exact) mass is 310 g/mol. The summed E-state index contributed by atoms with van der Waals surface area (Å²) in [5, 5.41) is 20.1. The van der Waals surface area contributed by atoms with E-state index in [4.69, 9.17) is 0 Å². The average Bonchev–Trinajstić information content (AvgIpc) is 2.66. The van der Waals surface area contributed by atoms with Crippen LogP contribution in [0.1, 0.15) is 69.2 Å². The molecule has 0 aromatic heterocycles. The van der Waals surface area contributed by atoms with Gasteiger partial charge in [-0.15, -0.1) is 0 Å². The summed E-state index contributed by atoms with van der Waals surface area (Å²) < 4.78 is 0. The first-order valence-electron chi connectivity index (χ1n) is 8.33. The van der Waals surface area contributed by atoms with Crippen LogP contribution in [0.3, 0.4) is 0 Å². The molecular formula is C21H26O2. The first-order valence-corrected chi connectivity index (χ1v) is 8.33. The minimum Gasteiger partial charge on any atom is -0.508 e. The van der Waals surface area contributed by atoms with Crippen LogP contribution in [0.15, 0.2) is 36.4 Å². The minimum atomic E-state index is -0.162. The van der Waals surface area contributed by atoms with Crippen LogP contribution in [0.2, 0.25) is 0 Å². The Balaban J connectivity index is 2.32. The van der Waals surface area contributed by atoms with E-state index < -0.39 is 0 Å². The highest BCUT2D eigenvalue weighted by atomic mass is 16.3. The van der Waals surface area contributed by atoms with Crippen molar-refractivity contribution in [1.82, 2.24) is 0 Å². The fourth-order valence-electron chi connectivity index (χ4n) is 4.49. The van der Waals surface area contributed by atoms with Gasteiger partial charge in [-0.25, -0.2) is 0 Å². The maximum atomic E-state index is 10.5. The van der Waals surface area contributed by atoms with Crippen molar-refractivity contribution in [3.63, 3.8) is 0 Å². The number of phenolic OH excluding ortho intramolecular Hbond substituents is 2. The van der Waals surface area contributed by atoms with Crippen molar-refractivity contribution >= 4 is 0 Å². The molecular weight excluding hydrogens is 284 g/mol. The molecule has 0 spiro atoms. The molecule has 0 fully saturated rings. The van der Waals surface area contributed by atoms with E-state index >= 15 is 0 Å². The molecule has 2 aromatic carbocycles. The summed E-state index contributed by atoms with van der Waals surface area (Å²) in [5.74, 6) is 0.937. The Kier molecular flexibility index (Phi) is 3.47. The van der Waals surface area contributed by atoms with Gasteiger partial charge in [-0.1, -0.05) is 52.8 Å². The van der Waals surface area contributed by atoms with Gasteiger partial charge in [0.25, 0.3) is 0 Å². The van der Waals surface area contributed by atoms with Gasteiger partial charge in [-0.05, 0) is 52.6 Å². The van der Waals surface area contributed by atoms with Crippen molar-refractivity contribution in [2.75, 3.05) is 0 Å². The van der Waals surface area contributed by atoms with Crippen molar-refractivity contribution < 1.29 is 10.2 Å². The number of fused-ring (bicyclic) bond motifs is 1. The van der Waals surface area contributed by atoms with Crippen LogP contribution in [0.4, 0.5) is 0 Å². The Hall–Kier alpha value is -1.96. The van der Waals surface area contributed by atoms with Crippen LogP contribution in [0, 0.1) is 0 Å². The molecule has 1 aliphatic carbocycles. The molecule has 1 atom stereocenters. The van der Waals surface area contributed by atoms with Crippen LogP contribution in [-0.2, 0) is 10.8 Å². The van der Waals surface area contributed by atoms with Gasteiger partial charge < -0.3 is 10.2 Å². The molecule has 3 rings (SSSR count). The molecule has 2 N–H and O–H groups in total. The highest BCUT2D eigenvalue weighted by Gasteiger charge is 2.47. The third-order valence-corrected chi connectivity index (χ3v) is 5.38. The lowest BCUT2D eigenvalue weighted by Gasteiger charge is -2.30. The Morgan fingerprint density at radius 1 is 0.913 bits per heavy atom. The number of aromatic hydroxyl groups is 2. The molecule has 122 valence electrons. The molecule has 0 aliphatic heterocycles. The van der Waals surface area contributed by atoms with E-state index in [2.05, 4.69) is 40.7 Å². The lowest BCUT2D eigenvalue weighted by atomic mass is 9.73. The average molecular weight is 310 g/mol. The van der Waals surface area contributed by atoms with Crippen LogP contribution in [-0.4, -0.2) is 10.2 Å². The van der Waals surface area contributed by atoms with Gasteiger partial charge in [0.2, 0.25) is 0 Å². The van der Waals surface area contributed by atoms with Gasteiger partial charge >= 0.3 is 0 Å². The van der Waals surface area contributed by atoms with Gasteiger partial charge in [0.1, 0.15) is 11.5 Å². The third kappa shape index (κ3) is 2.32. The second-order valence-electron chi connectivity index (χ2n) is 8.02. The topological polar surface area (TPSA) is 40.5 Å². The predicted octanol–water partition coefficient (Wildman–Crippen LogP) is 5.21. The highest BCUT2D eigenvalue weighted by molar-refractivity contribution is 5.60. The molecule has 2 heteroatoms. The zero-order valence-corrected chi connectivity index (χ0v) is 14.6. The van der Waals surface area contributed by atoms with Gasteiger partial charge in [-0.2, -0.15) is 0 Å². The molecule has 2 nitrogen and oxygen atoms in total. The molecule has 0 saturated heterocycles. The summed E-state index contributed by atoms with van der Waals surface area (Å²) in [6.07, 6.45) is 0.989. The molecule has 1 aliphatic rings. The molecule has 0 amide bonds. The van der Waals surface area contributed by atoms with Gasteiger partial charge in [0, 0.05) is 11.0 Å². The third-order valence-electron chi connectivity index (χ3n) is 5.38. The molecule has 1 unspecified atom stereocenters. The number of hydrogen-bond acceptors (Lipinski definition) is 2.